The summed E-state index contributed by atoms with van der Waals surface area (Å²) in [5.74, 6) is -1.72. The average Bonchev–Trinajstić information content (AvgIpc) is 2.50. The molecule has 1 unspecified atom stereocenters. The van der Waals surface area contributed by atoms with E-state index >= 15 is 0 Å². The van der Waals surface area contributed by atoms with E-state index in [0.717, 1.165) is 5.56 Å². The van der Waals surface area contributed by atoms with E-state index in [1.54, 1.807) is 29.8 Å². The van der Waals surface area contributed by atoms with Gasteiger partial charge in [-0.1, -0.05) is 58.0 Å². The fourth-order valence-corrected chi connectivity index (χ4v) is 3.05. The summed E-state index contributed by atoms with van der Waals surface area (Å²) in [4.78, 5) is 24.1. The molecule has 128 valence electrons. The summed E-state index contributed by atoms with van der Waals surface area (Å²) >= 11 is 0. The van der Waals surface area contributed by atoms with Crippen molar-refractivity contribution in [1.82, 2.24) is 4.57 Å². The van der Waals surface area contributed by atoms with E-state index in [-0.39, 0.29) is 11.0 Å². The number of aliphatic carboxylic acids is 1. The third-order valence-electron chi connectivity index (χ3n) is 4.30. The molecule has 24 heavy (non-hydrogen) atoms. The zero-order chi connectivity index (χ0) is 17.9. The van der Waals surface area contributed by atoms with Crippen LogP contribution in [0.5, 0.6) is 0 Å². The maximum absolute atomic E-state index is 12.7. The lowest BCUT2D eigenvalue weighted by molar-refractivity contribution is -0.138. The Hall–Kier alpha value is -2.36. The van der Waals surface area contributed by atoms with Gasteiger partial charge in [0.25, 0.3) is 5.56 Å². The topological polar surface area (TPSA) is 59.3 Å². The molecule has 0 radical (unpaired) electrons. The highest BCUT2D eigenvalue weighted by molar-refractivity contribution is 5.75. The van der Waals surface area contributed by atoms with E-state index in [9.17, 15) is 14.7 Å². The number of aromatic nitrogens is 1. The van der Waals surface area contributed by atoms with Gasteiger partial charge in [-0.25, -0.2) is 0 Å². The smallest absolute Gasteiger partial charge is 0.311 e. The molecule has 0 amide bonds. The fraction of sp³-hybridized carbons (Fsp3) is 0.400. The first-order valence-electron chi connectivity index (χ1n) is 8.26. The number of carboxylic acids is 1. The molecule has 1 aromatic carbocycles. The molecule has 2 aromatic rings. The Bertz CT molecular complexity index is 784. The van der Waals surface area contributed by atoms with Crippen LogP contribution in [0.25, 0.3) is 0 Å². The Labute approximate surface area is 142 Å². The van der Waals surface area contributed by atoms with E-state index in [2.05, 4.69) is 26.8 Å². The van der Waals surface area contributed by atoms with Gasteiger partial charge in [0.2, 0.25) is 0 Å². The largest absolute Gasteiger partial charge is 0.481 e. The van der Waals surface area contributed by atoms with Gasteiger partial charge in [-0.3, -0.25) is 9.59 Å². The minimum atomic E-state index is -0.956. The summed E-state index contributed by atoms with van der Waals surface area (Å²) in [5.41, 5.74) is 2.36. The van der Waals surface area contributed by atoms with Crippen LogP contribution in [0, 0.1) is 0 Å². The lowest BCUT2D eigenvalue weighted by Gasteiger charge is -2.23. The summed E-state index contributed by atoms with van der Waals surface area (Å²) in [7, 11) is 0. The van der Waals surface area contributed by atoms with Gasteiger partial charge in [-0.05, 0) is 29.0 Å². The molecule has 0 aliphatic carbocycles. The Morgan fingerprint density at radius 3 is 2.42 bits per heavy atom. The monoisotopic (exact) mass is 327 g/mol. The van der Waals surface area contributed by atoms with Crippen molar-refractivity contribution < 1.29 is 9.90 Å². The second-order valence-electron chi connectivity index (χ2n) is 7.10. The zero-order valence-corrected chi connectivity index (χ0v) is 14.7. The van der Waals surface area contributed by atoms with Gasteiger partial charge in [-0.2, -0.15) is 0 Å². The van der Waals surface area contributed by atoms with Gasteiger partial charge in [0.1, 0.15) is 0 Å². The van der Waals surface area contributed by atoms with E-state index in [1.807, 2.05) is 18.2 Å². The molecule has 1 atom stereocenters. The summed E-state index contributed by atoms with van der Waals surface area (Å²) < 4.78 is 1.60. The minimum absolute atomic E-state index is 0.0230. The highest BCUT2D eigenvalue weighted by Crippen LogP contribution is 2.26. The first-order valence-corrected chi connectivity index (χ1v) is 8.26. The van der Waals surface area contributed by atoms with Crippen LogP contribution in [0.15, 0.2) is 47.4 Å². The molecule has 0 aliphatic heterocycles. The van der Waals surface area contributed by atoms with Crippen LogP contribution in [0.2, 0.25) is 0 Å². The lowest BCUT2D eigenvalue weighted by Crippen LogP contribution is -2.28. The standard InChI is InChI=1S/C20H25NO3/c1-5-15(19(23)24)16-10-8-12-21(18(16)22)13-14-9-6-7-11-17(14)20(2,3)4/h6-12,15H,5,13H2,1-4H3,(H,23,24). The first kappa shape index (κ1) is 18.0. The van der Waals surface area contributed by atoms with Crippen molar-refractivity contribution in [2.24, 2.45) is 0 Å². The predicted octanol–water partition coefficient (Wildman–Crippen LogP) is 3.77. The van der Waals surface area contributed by atoms with Crippen LogP contribution >= 0.6 is 0 Å². The van der Waals surface area contributed by atoms with Crippen molar-refractivity contribution in [3.63, 3.8) is 0 Å². The molecule has 1 heterocycles. The highest BCUT2D eigenvalue weighted by atomic mass is 16.4. The van der Waals surface area contributed by atoms with E-state index < -0.39 is 11.9 Å². The molecule has 0 saturated heterocycles. The summed E-state index contributed by atoms with van der Waals surface area (Å²) in [6.45, 7) is 8.65. The molecule has 1 N–H and O–H groups in total. The number of nitrogens with zero attached hydrogens (tertiary/aromatic N) is 1. The van der Waals surface area contributed by atoms with E-state index in [0.29, 0.717) is 18.5 Å². The number of hydrogen-bond acceptors (Lipinski definition) is 2. The third-order valence-corrected chi connectivity index (χ3v) is 4.30. The van der Waals surface area contributed by atoms with Crippen molar-refractivity contribution in [1.29, 1.82) is 0 Å². The van der Waals surface area contributed by atoms with Crippen molar-refractivity contribution in [2.75, 3.05) is 0 Å². The number of hydrogen-bond donors (Lipinski definition) is 1. The first-order chi connectivity index (χ1) is 11.3. The Balaban J connectivity index is 2.47. The normalized spacial score (nSPS) is 12.8. The zero-order valence-electron chi connectivity index (χ0n) is 14.7. The van der Waals surface area contributed by atoms with Gasteiger partial charge in [0.05, 0.1) is 12.5 Å². The fourth-order valence-electron chi connectivity index (χ4n) is 3.05. The quantitative estimate of drug-likeness (QED) is 0.909. The van der Waals surface area contributed by atoms with E-state index in [1.165, 1.54) is 5.56 Å². The molecular formula is C20H25NO3. The third kappa shape index (κ3) is 3.75. The highest BCUT2D eigenvalue weighted by Gasteiger charge is 2.22. The number of rotatable bonds is 5. The molecule has 2 rings (SSSR count). The maximum atomic E-state index is 12.7. The molecule has 0 spiro atoms. The van der Waals surface area contributed by atoms with Crippen LogP contribution in [0.4, 0.5) is 0 Å². The van der Waals surface area contributed by atoms with Gasteiger partial charge in [0.15, 0.2) is 0 Å². The van der Waals surface area contributed by atoms with Crippen LogP contribution in [0.3, 0.4) is 0 Å². The summed E-state index contributed by atoms with van der Waals surface area (Å²) in [5, 5.41) is 9.33. The maximum Gasteiger partial charge on any atom is 0.311 e. The molecule has 0 saturated carbocycles. The van der Waals surface area contributed by atoms with Crippen LogP contribution < -0.4 is 5.56 Å². The second kappa shape index (κ2) is 7.04. The predicted molar refractivity (Wildman–Crippen MR) is 95.6 cm³/mol. The van der Waals surface area contributed by atoms with Gasteiger partial charge in [0, 0.05) is 11.8 Å². The molecular weight excluding hydrogens is 302 g/mol. The minimum Gasteiger partial charge on any atom is -0.481 e. The molecule has 4 heteroatoms. The van der Waals surface area contributed by atoms with Crippen molar-refractivity contribution >= 4 is 5.97 Å². The number of benzene rings is 1. The van der Waals surface area contributed by atoms with Gasteiger partial charge in [-0.15, -0.1) is 0 Å². The van der Waals surface area contributed by atoms with Crippen LogP contribution in [-0.2, 0) is 16.8 Å². The molecule has 0 fully saturated rings. The van der Waals surface area contributed by atoms with Gasteiger partial charge < -0.3 is 9.67 Å². The van der Waals surface area contributed by atoms with Gasteiger partial charge >= 0.3 is 5.97 Å². The molecule has 1 aromatic heterocycles. The summed E-state index contributed by atoms with van der Waals surface area (Å²) in [6, 6.07) is 11.4. The van der Waals surface area contributed by atoms with Crippen molar-refractivity contribution in [3.8, 4) is 0 Å². The van der Waals surface area contributed by atoms with Crippen molar-refractivity contribution in [3.05, 3.63) is 69.6 Å². The van der Waals surface area contributed by atoms with Crippen LogP contribution in [0.1, 0.15) is 56.7 Å². The Morgan fingerprint density at radius 1 is 1.17 bits per heavy atom. The number of carboxylic acid groups (broad SMARTS) is 1. The molecule has 0 bridgehead atoms. The molecule has 0 aliphatic rings. The molecule has 4 nitrogen and oxygen atoms in total. The summed E-state index contributed by atoms with van der Waals surface area (Å²) in [6.07, 6.45) is 2.12. The Morgan fingerprint density at radius 2 is 1.83 bits per heavy atom. The van der Waals surface area contributed by atoms with E-state index in [4.69, 9.17) is 0 Å². The van der Waals surface area contributed by atoms with Crippen molar-refractivity contribution in [2.45, 2.75) is 52.0 Å². The van der Waals surface area contributed by atoms with Crippen LogP contribution in [-0.4, -0.2) is 15.6 Å². The average molecular weight is 327 g/mol. The lowest BCUT2D eigenvalue weighted by atomic mass is 9.84. The number of carbonyl (C=O) groups is 1. The number of pyridine rings is 1. The second-order valence-corrected chi connectivity index (χ2v) is 7.10. The SMILES string of the molecule is CCC(C(=O)O)c1cccn(Cc2ccccc2C(C)(C)C)c1=O. The Kier molecular flexibility index (Phi) is 5.27.